The quantitative estimate of drug-likeness (QED) is 0.227. The first-order valence-corrected chi connectivity index (χ1v) is 13.3. The highest BCUT2D eigenvalue weighted by Gasteiger charge is 2.18. The van der Waals surface area contributed by atoms with E-state index in [2.05, 4.69) is 62.4 Å². The van der Waals surface area contributed by atoms with Gasteiger partial charge in [-0.2, -0.15) is 0 Å². The van der Waals surface area contributed by atoms with E-state index in [9.17, 15) is 0 Å². The standard InChI is InChI=1S/C32H16N4O2S/c1-3-7-23-20(5-1)29-31(38-23)27(33-15-35-29)17-10-12-24-22(13-17)19-11-9-18(14-25(19)37-24)28-32-30(36-16-34-28)21-6-2-4-8-26(21)39-32/h1-16H. The zero-order chi connectivity index (χ0) is 25.5. The van der Waals surface area contributed by atoms with Crippen LogP contribution in [0.5, 0.6) is 0 Å². The van der Waals surface area contributed by atoms with Crippen molar-refractivity contribution in [3.63, 3.8) is 0 Å². The predicted octanol–water partition coefficient (Wildman–Crippen LogP) is 8.77. The molecule has 0 N–H and O–H groups in total. The first-order chi connectivity index (χ1) is 19.3. The molecule has 0 bridgehead atoms. The van der Waals surface area contributed by atoms with Crippen LogP contribution < -0.4 is 0 Å². The Bertz CT molecular complexity index is 2420. The Kier molecular flexibility index (Phi) is 4.11. The topological polar surface area (TPSA) is 77.8 Å². The van der Waals surface area contributed by atoms with Crippen molar-refractivity contribution in [3.8, 4) is 22.5 Å². The van der Waals surface area contributed by atoms with Crippen molar-refractivity contribution < 1.29 is 8.83 Å². The van der Waals surface area contributed by atoms with E-state index in [0.29, 0.717) is 5.58 Å². The van der Waals surface area contributed by atoms with E-state index < -0.39 is 0 Å². The SMILES string of the molecule is c1ccc2c(c1)oc1c(-c3ccc4oc5cc(-c6ncnc7c6sc6ccccc67)ccc5c4c3)ncnc12. The molecule has 0 unspecified atom stereocenters. The summed E-state index contributed by atoms with van der Waals surface area (Å²) < 4.78 is 14.8. The maximum absolute atomic E-state index is 6.32. The van der Waals surface area contributed by atoms with Crippen LogP contribution in [0.4, 0.5) is 0 Å². The Morgan fingerprint density at radius 3 is 2.21 bits per heavy atom. The highest BCUT2D eigenvalue weighted by molar-refractivity contribution is 7.26. The lowest BCUT2D eigenvalue weighted by atomic mass is 10.0. The second kappa shape index (κ2) is 7.69. The summed E-state index contributed by atoms with van der Waals surface area (Å²) in [6, 6.07) is 28.7. The van der Waals surface area contributed by atoms with Gasteiger partial charge in [-0.25, -0.2) is 19.9 Å². The minimum atomic E-state index is 0.684. The molecule has 9 rings (SSSR count). The molecular formula is C32H16N4O2S. The molecule has 0 radical (unpaired) electrons. The highest BCUT2D eigenvalue weighted by Crippen LogP contribution is 2.40. The Hall–Kier alpha value is -5.14. The molecule has 9 aromatic rings. The summed E-state index contributed by atoms with van der Waals surface area (Å²) in [6.45, 7) is 0. The van der Waals surface area contributed by atoms with Gasteiger partial charge in [-0.1, -0.05) is 36.4 Å². The van der Waals surface area contributed by atoms with E-state index in [1.807, 2.05) is 42.5 Å². The van der Waals surface area contributed by atoms with Crippen LogP contribution in [-0.4, -0.2) is 19.9 Å². The van der Waals surface area contributed by atoms with Crippen LogP contribution in [0.2, 0.25) is 0 Å². The predicted molar refractivity (Wildman–Crippen MR) is 156 cm³/mol. The number of thiophene rings is 1. The van der Waals surface area contributed by atoms with E-state index in [1.54, 1.807) is 24.0 Å². The van der Waals surface area contributed by atoms with Crippen molar-refractivity contribution in [2.24, 2.45) is 0 Å². The summed E-state index contributed by atoms with van der Waals surface area (Å²) in [5.41, 5.74) is 8.53. The van der Waals surface area contributed by atoms with Crippen LogP contribution in [0.3, 0.4) is 0 Å². The molecule has 0 aliphatic rings. The molecule has 6 nitrogen and oxygen atoms in total. The van der Waals surface area contributed by atoms with Crippen LogP contribution in [0.1, 0.15) is 0 Å². The number of hydrogen-bond donors (Lipinski definition) is 0. The number of nitrogens with zero attached hydrogens (tertiary/aromatic N) is 4. The van der Waals surface area contributed by atoms with Gasteiger partial charge < -0.3 is 8.83 Å². The summed E-state index contributed by atoms with van der Waals surface area (Å²) in [7, 11) is 0. The van der Waals surface area contributed by atoms with Crippen molar-refractivity contribution >= 4 is 75.6 Å². The second-order valence-electron chi connectivity index (χ2n) is 9.52. The zero-order valence-corrected chi connectivity index (χ0v) is 21.1. The lowest BCUT2D eigenvalue weighted by Crippen LogP contribution is -1.86. The maximum Gasteiger partial charge on any atom is 0.180 e. The van der Waals surface area contributed by atoms with E-state index in [0.717, 1.165) is 76.5 Å². The van der Waals surface area contributed by atoms with E-state index in [4.69, 9.17) is 8.83 Å². The number of fused-ring (bicyclic) bond motifs is 9. The maximum atomic E-state index is 6.32. The summed E-state index contributed by atoms with van der Waals surface area (Å²) in [4.78, 5) is 18.3. The molecule has 0 fully saturated rings. The third-order valence-corrected chi connectivity index (χ3v) is 8.50. The lowest BCUT2D eigenvalue weighted by Gasteiger charge is -2.02. The molecule has 39 heavy (non-hydrogen) atoms. The summed E-state index contributed by atoms with van der Waals surface area (Å²) in [5, 5.41) is 4.19. The third kappa shape index (κ3) is 2.96. The molecule has 5 heterocycles. The van der Waals surface area contributed by atoms with Crippen molar-refractivity contribution in [1.82, 2.24) is 19.9 Å². The summed E-state index contributed by atoms with van der Waals surface area (Å²) in [5.74, 6) is 0. The van der Waals surface area contributed by atoms with Crippen LogP contribution >= 0.6 is 11.3 Å². The zero-order valence-electron chi connectivity index (χ0n) is 20.3. The molecule has 7 heteroatoms. The fraction of sp³-hybridized carbons (Fsp3) is 0. The number of hydrogen-bond acceptors (Lipinski definition) is 7. The van der Waals surface area contributed by atoms with Crippen LogP contribution in [-0.2, 0) is 0 Å². The minimum absolute atomic E-state index is 0.684. The minimum Gasteiger partial charge on any atom is -0.456 e. The Balaban J connectivity index is 1.22. The van der Waals surface area contributed by atoms with Crippen molar-refractivity contribution in [1.29, 1.82) is 0 Å². The number of benzene rings is 4. The van der Waals surface area contributed by atoms with Crippen LogP contribution in [0.15, 0.2) is 106 Å². The molecule has 0 saturated heterocycles. The number of para-hydroxylation sites is 1. The lowest BCUT2D eigenvalue weighted by molar-refractivity contribution is 0.666. The monoisotopic (exact) mass is 520 g/mol. The van der Waals surface area contributed by atoms with Crippen LogP contribution in [0.25, 0.3) is 86.8 Å². The van der Waals surface area contributed by atoms with Crippen molar-refractivity contribution in [2.45, 2.75) is 0 Å². The average molecular weight is 521 g/mol. The number of rotatable bonds is 2. The Morgan fingerprint density at radius 1 is 0.513 bits per heavy atom. The normalized spacial score (nSPS) is 12.1. The fourth-order valence-corrected chi connectivity index (χ4v) is 6.70. The van der Waals surface area contributed by atoms with Gasteiger partial charge in [0.05, 0.1) is 15.9 Å². The fourth-order valence-electron chi connectivity index (χ4n) is 5.53. The van der Waals surface area contributed by atoms with Gasteiger partial charge in [0.1, 0.15) is 40.6 Å². The van der Waals surface area contributed by atoms with E-state index in [1.165, 1.54) is 4.70 Å². The Morgan fingerprint density at radius 2 is 1.26 bits per heavy atom. The summed E-state index contributed by atoms with van der Waals surface area (Å²) >= 11 is 1.72. The number of furan rings is 2. The Labute approximate surface area is 224 Å². The molecule has 182 valence electrons. The van der Waals surface area contributed by atoms with Gasteiger partial charge in [0.15, 0.2) is 5.58 Å². The number of aromatic nitrogens is 4. The van der Waals surface area contributed by atoms with Gasteiger partial charge in [0.25, 0.3) is 0 Å². The summed E-state index contributed by atoms with van der Waals surface area (Å²) in [6.07, 6.45) is 3.24. The van der Waals surface area contributed by atoms with Crippen molar-refractivity contribution in [2.75, 3.05) is 0 Å². The molecule has 0 spiro atoms. The molecule has 0 aliphatic carbocycles. The molecule has 0 amide bonds. The molecule has 0 atom stereocenters. The molecule has 0 aliphatic heterocycles. The molecule has 5 aromatic heterocycles. The first kappa shape index (κ1) is 20.9. The van der Waals surface area contributed by atoms with Crippen molar-refractivity contribution in [3.05, 3.63) is 97.6 Å². The third-order valence-electron chi connectivity index (χ3n) is 7.33. The van der Waals surface area contributed by atoms with E-state index >= 15 is 0 Å². The smallest absolute Gasteiger partial charge is 0.180 e. The van der Waals surface area contributed by atoms with Gasteiger partial charge in [-0.3, -0.25) is 0 Å². The molecular weight excluding hydrogens is 504 g/mol. The molecule has 0 saturated carbocycles. The van der Waals surface area contributed by atoms with E-state index in [-0.39, 0.29) is 0 Å². The van der Waals surface area contributed by atoms with Gasteiger partial charge >= 0.3 is 0 Å². The molecule has 4 aromatic carbocycles. The average Bonchev–Trinajstić information content (AvgIpc) is 3.67. The van der Waals surface area contributed by atoms with Gasteiger partial charge in [-0.15, -0.1) is 11.3 Å². The highest BCUT2D eigenvalue weighted by atomic mass is 32.1. The van der Waals surface area contributed by atoms with Gasteiger partial charge in [-0.05, 0) is 48.5 Å². The van der Waals surface area contributed by atoms with Gasteiger partial charge in [0.2, 0.25) is 0 Å². The van der Waals surface area contributed by atoms with Crippen LogP contribution in [0, 0.1) is 0 Å². The second-order valence-corrected chi connectivity index (χ2v) is 10.6. The first-order valence-electron chi connectivity index (χ1n) is 12.5. The largest absolute Gasteiger partial charge is 0.456 e. The van der Waals surface area contributed by atoms with Gasteiger partial charge in [0, 0.05) is 37.4 Å².